The first-order valence-electron chi connectivity index (χ1n) is 10.6. The molecule has 7 nitrogen and oxygen atoms in total. The first kappa shape index (κ1) is 22.2. The molecule has 0 aliphatic heterocycles. The minimum atomic E-state index is -0.0718. The van der Waals surface area contributed by atoms with Crippen LogP contribution in [0.3, 0.4) is 0 Å². The van der Waals surface area contributed by atoms with Gasteiger partial charge < -0.3 is 9.64 Å². The second kappa shape index (κ2) is 10.0. The van der Waals surface area contributed by atoms with Gasteiger partial charge >= 0.3 is 0 Å². The van der Waals surface area contributed by atoms with Crippen LogP contribution < -0.4 is 9.64 Å². The van der Waals surface area contributed by atoms with E-state index in [0.29, 0.717) is 24.0 Å². The average Bonchev–Trinajstić information content (AvgIpc) is 3.38. The fraction of sp³-hybridized carbons (Fsp3) is 0.500. The molecule has 0 radical (unpaired) electrons. The van der Waals surface area contributed by atoms with Gasteiger partial charge in [-0.3, -0.25) is 14.4 Å². The number of hydrogen-bond donors (Lipinski definition) is 0. The Morgan fingerprint density at radius 2 is 1.93 bits per heavy atom. The largest absolute Gasteiger partial charge is 0.494 e. The minimum absolute atomic E-state index is 0.0718. The van der Waals surface area contributed by atoms with Crippen molar-refractivity contribution < 1.29 is 9.53 Å². The summed E-state index contributed by atoms with van der Waals surface area (Å²) in [7, 11) is 0. The standard InChI is InChI=1S/C22H31N5O2S/c1-6-25(7-2)13-14-26(21(28)19-11-12-23-27(19)16(4)5)22-24-18-10-9-17(29-8-3)15-20(18)30-22/h9-12,15-16H,6-8,13-14H2,1-5H3. The predicted octanol–water partition coefficient (Wildman–Crippen LogP) is 4.46. The zero-order chi connectivity index (χ0) is 21.7. The van der Waals surface area contributed by atoms with Crippen molar-refractivity contribution in [3.05, 3.63) is 36.2 Å². The number of ether oxygens (including phenoxy) is 1. The Balaban J connectivity index is 1.97. The lowest BCUT2D eigenvalue weighted by molar-refractivity contribution is 0.0971. The first-order chi connectivity index (χ1) is 14.5. The lowest BCUT2D eigenvalue weighted by atomic mass is 10.3. The summed E-state index contributed by atoms with van der Waals surface area (Å²) in [6, 6.07) is 7.75. The Hall–Kier alpha value is -2.45. The molecule has 0 saturated carbocycles. The van der Waals surface area contributed by atoms with Gasteiger partial charge in [-0.05, 0) is 58.1 Å². The van der Waals surface area contributed by atoms with Crippen molar-refractivity contribution in [3.63, 3.8) is 0 Å². The highest BCUT2D eigenvalue weighted by atomic mass is 32.1. The maximum Gasteiger partial charge on any atom is 0.278 e. The molecule has 8 heteroatoms. The zero-order valence-electron chi connectivity index (χ0n) is 18.5. The van der Waals surface area contributed by atoms with E-state index >= 15 is 0 Å². The molecule has 1 amide bonds. The molecule has 3 rings (SSSR count). The molecule has 1 aromatic carbocycles. The van der Waals surface area contributed by atoms with Gasteiger partial charge in [0.1, 0.15) is 11.4 Å². The molecule has 0 unspecified atom stereocenters. The molecular weight excluding hydrogens is 398 g/mol. The van der Waals surface area contributed by atoms with Gasteiger partial charge in [0.05, 0.1) is 16.8 Å². The van der Waals surface area contributed by atoms with E-state index in [0.717, 1.165) is 35.6 Å². The Bertz CT molecular complexity index is 977. The molecule has 2 heterocycles. The number of carbonyl (C=O) groups is 1. The van der Waals surface area contributed by atoms with Crippen molar-refractivity contribution in [2.75, 3.05) is 37.7 Å². The molecule has 0 atom stereocenters. The van der Waals surface area contributed by atoms with E-state index in [1.54, 1.807) is 21.8 Å². The Kier molecular flexibility index (Phi) is 7.44. The SMILES string of the molecule is CCOc1ccc2nc(N(CCN(CC)CC)C(=O)c3ccnn3C(C)C)sc2c1. The first-order valence-corrected chi connectivity index (χ1v) is 11.4. The van der Waals surface area contributed by atoms with Gasteiger partial charge in [-0.25, -0.2) is 4.98 Å². The molecule has 0 spiro atoms. The van der Waals surface area contributed by atoms with Crippen LogP contribution in [-0.2, 0) is 0 Å². The lowest BCUT2D eigenvalue weighted by Gasteiger charge is -2.25. The minimum Gasteiger partial charge on any atom is -0.494 e. The fourth-order valence-corrected chi connectivity index (χ4v) is 4.38. The van der Waals surface area contributed by atoms with E-state index in [1.165, 1.54) is 11.3 Å². The Morgan fingerprint density at radius 3 is 2.60 bits per heavy atom. The van der Waals surface area contributed by atoms with Crippen LogP contribution in [0.15, 0.2) is 30.5 Å². The molecule has 0 bridgehead atoms. The number of hydrogen-bond acceptors (Lipinski definition) is 6. The third-order valence-electron chi connectivity index (χ3n) is 5.05. The van der Waals surface area contributed by atoms with Crippen molar-refractivity contribution >= 4 is 32.6 Å². The molecule has 3 aromatic rings. The van der Waals surface area contributed by atoms with Crippen molar-refractivity contribution in [1.82, 2.24) is 19.7 Å². The number of nitrogens with zero attached hydrogens (tertiary/aromatic N) is 5. The number of fused-ring (bicyclic) bond motifs is 1. The number of likely N-dealkylation sites (N-methyl/N-ethyl adjacent to an activating group) is 1. The highest BCUT2D eigenvalue weighted by Crippen LogP contribution is 2.32. The molecule has 0 N–H and O–H groups in total. The maximum atomic E-state index is 13.6. The molecule has 0 fully saturated rings. The van der Waals surface area contributed by atoms with Crippen molar-refractivity contribution in [3.8, 4) is 5.75 Å². The normalized spacial score (nSPS) is 11.6. The van der Waals surface area contributed by atoms with Crippen LogP contribution in [-0.4, -0.2) is 58.4 Å². The van der Waals surface area contributed by atoms with Gasteiger partial charge in [0.2, 0.25) is 0 Å². The summed E-state index contributed by atoms with van der Waals surface area (Å²) in [5.74, 6) is 0.747. The Labute approximate surface area is 182 Å². The monoisotopic (exact) mass is 429 g/mol. The molecule has 2 aromatic heterocycles. The van der Waals surface area contributed by atoms with E-state index in [1.807, 2.05) is 39.0 Å². The van der Waals surface area contributed by atoms with Gasteiger partial charge in [0.15, 0.2) is 5.13 Å². The highest BCUT2D eigenvalue weighted by Gasteiger charge is 2.25. The van der Waals surface area contributed by atoms with Crippen LogP contribution in [0.4, 0.5) is 5.13 Å². The predicted molar refractivity (Wildman–Crippen MR) is 123 cm³/mol. The average molecular weight is 430 g/mol. The van der Waals surface area contributed by atoms with Crippen LogP contribution in [0.5, 0.6) is 5.75 Å². The van der Waals surface area contributed by atoms with E-state index in [4.69, 9.17) is 9.72 Å². The third-order valence-corrected chi connectivity index (χ3v) is 6.09. The molecule has 162 valence electrons. The highest BCUT2D eigenvalue weighted by molar-refractivity contribution is 7.22. The summed E-state index contributed by atoms with van der Waals surface area (Å²) in [6.45, 7) is 14.1. The van der Waals surface area contributed by atoms with Gasteiger partial charge in [0.25, 0.3) is 5.91 Å². The second-order valence-electron chi connectivity index (χ2n) is 7.30. The summed E-state index contributed by atoms with van der Waals surface area (Å²) in [5, 5.41) is 5.04. The number of rotatable bonds is 10. The number of thiazole rings is 1. The van der Waals surface area contributed by atoms with Gasteiger partial charge in [0, 0.05) is 25.3 Å². The van der Waals surface area contributed by atoms with Crippen LogP contribution in [0.2, 0.25) is 0 Å². The van der Waals surface area contributed by atoms with Crippen LogP contribution in [0.1, 0.15) is 51.1 Å². The van der Waals surface area contributed by atoms with E-state index < -0.39 is 0 Å². The summed E-state index contributed by atoms with van der Waals surface area (Å²) >= 11 is 1.52. The number of carbonyl (C=O) groups excluding carboxylic acids is 1. The number of benzene rings is 1. The maximum absolute atomic E-state index is 13.6. The molecular formula is C22H31N5O2S. The number of aromatic nitrogens is 3. The third kappa shape index (κ3) is 4.82. The molecule has 30 heavy (non-hydrogen) atoms. The zero-order valence-corrected chi connectivity index (χ0v) is 19.3. The van der Waals surface area contributed by atoms with Gasteiger partial charge in [-0.2, -0.15) is 5.10 Å². The van der Waals surface area contributed by atoms with E-state index in [2.05, 4.69) is 23.8 Å². The molecule has 0 saturated heterocycles. The summed E-state index contributed by atoms with van der Waals surface area (Å²) in [4.78, 5) is 22.4. The van der Waals surface area contributed by atoms with Crippen LogP contribution in [0, 0.1) is 0 Å². The number of amides is 1. The summed E-state index contributed by atoms with van der Waals surface area (Å²) in [6.07, 6.45) is 1.68. The lowest BCUT2D eigenvalue weighted by Crippen LogP contribution is -2.39. The molecule has 0 aliphatic rings. The second-order valence-corrected chi connectivity index (χ2v) is 8.31. The fourth-order valence-electron chi connectivity index (χ4n) is 3.36. The van der Waals surface area contributed by atoms with E-state index in [9.17, 15) is 4.79 Å². The van der Waals surface area contributed by atoms with E-state index in [-0.39, 0.29) is 11.9 Å². The molecule has 0 aliphatic carbocycles. The number of anilines is 1. The summed E-state index contributed by atoms with van der Waals surface area (Å²) < 4.78 is 8.40. The summed E-state index contributed by atoms with van der Waals surface area (Å²) in [5.41, 5.74) is 1.45. The van der Waals surface area contributed by atoms with Crippen LogP contribution >= 0.6 is 11.3 Å². The van der Waals surface area contributed by atoms with Gasteiger partial charge in [-0.15, -0.1) is 0 Å². The van der Waals surface area contributed by atoms with Crippen molar-refractivity contribution in [1.29, 1.82) is 0 Å². The van der Waals surface area contributed by atoms with Gasteiger partial charge in [-0.1, -0.05) is 25.2 Å². The van der Waals surface area contributed by atoms with Crippen LogP contribution in [0.25, 0.3) is 10.2 Å². The topological polar surface area (TPSA) is 63.5 Å². The van der Waals surface area contributed by atoms with Crippen molar-refractivity contribution in [2.45, 2.75) is 40.7 Å². The van der Waals surface area contributed by atoms with Crippen molar-refractivity contribution in [2.24, 2.45) is 0 Å². The smallest absolute Gasteiger partial charge is 0.278 e. The quantitative estimate of drug-likeness (QED) is 0.476. The Morgan fingerprint density at radius 1 is 1.17 bits per heavy atom.